The van der Waals surface area contributed by atoms with Gasteiger partial charge in [-0.15, -0.1) is 0 Å². The number of carbonyl (C=O) groups excluding carboxylic acids is 1. The third-order valence-electron chi connectivity index (χ3n) is 3.82. The first kappa shape index (κ1) is 16.6. The van der Waals surface area contributed by atoms with Crippen LogP contribution in [0.3, 0.4) is 0 Å². The largest absolute Gasteiger partial charge is 0.548 e. The second kappa shape index (κ2) is 7.09. The number of aryl methyl sites for hydroxylation is 2. The van der Waals surface area contributed by atoms with E-state index in [0.717, 1.165) is 34.0 Å². The van der Waals surface area contributed by atoms with E-state index in [1.54, 1.807) is 4.68 Å². The molecule has 0 saturated carbocycles. The van der Waals surface area contributed by atoms with Crippen LogP contribution in [0.5, 0.6) is 0 Å². The lowest BCUT2D eigenvalue weighted by Crippen LogP contribution is -2.30. The zero-order valence-corrected chi connectivity index (χ0v) is 14.1. The van der Waals surface area contributed by atoms with Crippen LogP contribution in [0.4, 0.5) is 17.2 Å². The summed E-state index contributed by atoms with van der Waals surface area (Å²) in [5.74, 6) is -0.398. The molecule has 0 radical (unpaired) electrons. The minimum absolute atomic E-state index is 0.212. The van der Waals surface area contributed by atoms with Crippen molar-refractivity contribution in [3.63, 3.8) is 0 Å². The molecule has 128 valence electrons. The number of aliphatic carboxylic acids is 1. The average molecular weight is 335 g/mol. The van der Waals surface area contributed by atoms with E-state index in [0.29, 0.717) is 0 Å². The molecule has 0 atom stereocenters. The van der Waals surface area contributed by atoms with Gasteiger partial charge in [0.1, 0.15) is 0 Å². The smallest absolute Gasteiger partial charge is 0.152 e. The molecule has 0 amide bonds. The van der Waals surface area contributed by atoms with Crippen LogP contribution in [0, 0.1) is 13.8 Å². The molecule has 0 fully saturated rings. The Labute approximate surface area is 146 Å². The monoisotopic (exact) mass is 335 g/mol. The maximum Gasteiger partial charge on any atom is 0.152 e. The average Bonchev–Trinajstić information content (AvgIpc) is 3.03. The molecule has 2 aromatic carbocycles. The first-order valence-corrected chi connectivity index (χ1v) is 7.96. The number of carboxylic acids is 1. The van der Waals surface area contributed by atoms with Crippen LogP contribution in [0.15, 0.2) is 54.7 Å². The van der Waals surface area contributed by atoms with Crippen molar-refractivity contribution in [2.75, 3.05) is 17.2 Å². The summed E-state index contributed by atoms with van der Waals surface area (Å²) in [7, 11) is 0. The molecular weight excluding hydrogens is 316 g/mol. The standard InChI is InChI=1S/C19H20N4O2/c1-13-10-15(11-14(2)19(13)20-12-18(24)25)21-17-8-9-23(22-17)16-6-4-3-5-7-16/h3-11,20H,12H2,1-2H3,(H,21,22)(H,24,25)/p-1. The Bertz CT molecular complexity index is 864. The van der Waals surface area contributed by atoms with Crippen LogP contribution in [-0.2, 0) is 4.79 Å². The number of hydrogen-bond acceptors (Lipinski definition) is 5. The fourth-order valence-electron chi connectivity index (χ4n) is 2.74. The first-order valence-electron chi connectivity index (χ1n) is 7.96. The topological polar surface area (TPSA) is 82.0 Å². The summed E-state index contributed by atoms with van der Waals surface area (Å²) >= 11 is 0. The summed E-state index contributed by atoms with van der Waals surface area (Å²) in [5.41, 5.74) is 4.60. The van der Waals surface area contributed by atoms with E-state index in [-0.39, 0.29) is 6.54 Å². The fourth-order valence-corrected chi connectivity index (χ4v) is 2.74. The highest BCUT2D eigenvalue weighted by Crippen LogP contribution is 2.26. The van der Waals surface area contributed by atoms with Crippen LogP contribution in [0.1, 0.15) is 11.1 Å². The number of nitrogens with one attached hydrogen (secondary N) is 2. The molecule has 6 nitrogen and oxygen atoms in total. The number of rotatable bonds is 6. The molecule has 1 heterocycles. The Hall–Kier alpha value is -3.28. The molecule has 0 spiro atoms. The van der Waals surface area contributed by atoms with Gasteiger partial charge in [0.05, 0.1) is 18.2 Å². The van der Waals surface area contributed by atoms with E-state index in [2.05, 4.69) is 15.7 Å². The van der Waals surface area contributed by atoms with Crippen molar-refractivity contribution in [2.24, 2.45) is 0 Å². The summed E-state index contributed by atoms with van der Waals surface area (Å²) in [4.78, 5) is 10.6. The van der Waals surface area contributed by atoms with Crippen LogP contribution >= 0.6 is 0 Å². The van der Waals surface area contributed by atoms with Crippen LogP contribution in [0.2, 0.25) is 0 Å². The zero-order chi connectivity index (χ0) is 17.8. The SMILES string of the molecule is Cc1cc(Nc2ccn(-c3ccccc3)n2)cc(C)c1NCC(=O)[O-]. The molecule has 0 saturated heterocycles. The van der Waals surface area contributed by atoms with Crippen LogP contribution in [0.25, 0.3) is 5.69 Å². The van der Waals surface area contributed by atoms with E-state index < -0.39 is 5.97 Å². The minimum Gasteiger partial charge on any atom is -0.548 e. The van der Waals surface area contributed by atoms with E-state index in [9.17, 15) is 9.90 Å². The third kappa shape index (κ3) is 3.98. The molecule has 0 aliphatic heterocycles. The lowest BCUT2D eigenvalue weighted by molar-refractivity contribution is -0.302. The molecule has 3 aromatic rings. The summed E-state index contributed by atoms with van der Waals surface area (Å²) in [6.45, 7) is 3.65. The van der Waals surface area contributed by atoms with E-state index in [4.69, 9.17) is 0 Å². The number of para-hydroxylation sites is 1. The first-order chi connectivity index (χ1) is 12.0. The van der Waals surface area contributed by atoms with Crippen molar-refractivity contribution in [3.05, 3.63) is 65.9 Å². The van der Waals surface area contributed by atoms with Crippen molar-refractivity contribution in [2.45, 2.75) is 13.8 Å². The second-order valence-electron chi connectivity index (χ2n) is 5.82. The van der Waals surface area contributed by atoms with Gasteiger partial charge in [0, 0.05) is 23.6 Å². The number of nitrogens with zero attached hydrogens (tertiary/aromatic N) is 2. The normalized spacial score (nSPS) is 10.5. The molecule has 6 heteroatoms. The van der Waals surface area contributed by atoms with Crippen LogP contribution in [-0.4, -0.2) is 22.3 Å². The number of hydrogen-bond donors (Lipinski definition) is 2. The number of carboxylic acid groups (broad SMARTS) is 1. The Morgan fingerprint density at radius 3 is 2.44 bits per heavy atom. The van der Waals surface area contributed by atoms with E-state index in [1.807, 2.05) is 68.6 Å². The molecule has 0 aliphatic rings. The molecule has 1 aromatic heterocycles. The Balaban J connectivity index is 1.77. The van der Waals surface area contributed by atoms with Gasteiger partial charge in [0.25, 0.3) is 0 Å². The maximum atomic E-state index is 10.6. The molecule has 0 aliphatic carbocycles. The highest BCUT2D eigenvalue weighted by atomic mass is 16.4. The van der Waals surface area contributed by atoms with Gasteiger partial charge in [-0.1, -0.05) is 18.2 Å². The third-order valence-corrected chi connectivity index (χ3v) is 3.82. The van der Waals surface area contributed by atoms with Crippen molar-refractivity contribution in [1.29, 1.82) is 0 Å². The van der Waals surface area contributed by atoms with Gasteiger partial charge in [-0.25, -0.2) is 4.68 Å². The van der Waals surface area contributed by atoms with Gasteiger partial charge < -0.3 is 20.5 Å². The predicted octanol–water partition coefficient (Wildman–Crippen LogP) is 2.39. The minimum atomic E-state index is -1.13. The lowest BCUT2D eigenvalue weighted by Gasteiger charge is -2.15. The van der Waals surface area contributed by atoms with Gasteiger partial charge in [-0.3, -0.25) is 0 Å². The predicted molar refractivity (Wildman–Crippen MR) is 96.3 cm³/mol. The molecule has 25 heavy (non-hydrogen) atoms. The lowest BCUT2D eigenvalue weighted by atomic mass is 10.1. The highest BCUT2D eigenvalue weighted by Gasteiger charge is 2.07. The van der Waals surface area contributed by atoms with Crippen molar-refractivity contribution >= 4 is 23.2 Å². The van der Waals surface area contributed by atoms with Crippen molar-refractivity contribution < 1.29 is 9.90 Å². The maximum absolute atomic E-state index is 10.6. The number of benzene rings is 2. The zero-order valence-electron chi connectivity index (χ0n) is 14.1. The van der Waals surface area contributed by atoms with Gasteiger partial charge in [0.15, 0.2) is 5.82 Å². The molecule has 3 rings (SSSR count). The second-order valence-corrected chi connectivity index (χ2v) is 5.82. The molecule has 0 bridgehead atoms. The quantitative estimate of drug-likeness (QED) is 0.723. The van der Waals surface area contributed by atoms with Gasteiger partial charge in [0.2, 0.25) is 0 Å². The summed E-state index contributed by atoms with van der Waals surface area (Å²) in [6, 6.07) is 15.7. The Kier molecular flexibility index (Phi) is 4.70. The molecule has 2 N–H and O–H groups in total. The Morgan fingerprint density at radius 2 is 1.80 bits per heavy atom. The van der Waals surface area contributed by atoms with Gasteiger partial charge >= 0.3 is 0 Å². The number of carbonyl (C=O) groups is 1. The Morgan fingerprint density at radius 1 is 1.12 bits per heavy atom. The molecular formula is C19H19N4O2-. The van der Waals surface area contributed by atoms with E-state index >= 15 is 0 Å². The van der Waals surface area contributed by atoms with Gasteiger partial charge in [-0.2, -0.15) is 5.10 Å². The van der Waals surface area contributed by atoms with Crippen molar-refractivity contribution in [3.8, 4) is 5.69 Å². The van der Waals surface area contributed by atoms with E-state index in [1.165, 1.54) is 0 Å². The summed E-state index contributed by atoms with van der Waals surface area (Å²) < 4.78 is 1.80. The number of anilines is 3. The van der Waals surface area contributed by atoms with Crippen molar-refractivity contribution in [1.82, 2.24) is 9.78 Å². The molecule has 0 unspecified atom stereocenters. The van der Waals surface area contributed by atoms with Crippen LogP contribution < -0.4 is 15.7 Å². The summed E-state index contributed by atoms with van der Waals surface area (Å²) in [6.07, 6.45) is 1.90. The summed E-state index contributed by atoms with van der Waals surface area (Å²) in [5, 5.41) is 21.3. The fraction of sp³-hybridized carbons (Fsp3) is 0.158. The highest BCUT2D eigenvalue weighted by molar-refractivity contribution is 5.74. The number of aromatic nitrogens is 2. The van der Waals surface area contributed by atoms with Gasteiger partial charge in [-0.05, 0) is 49.2 Å².